The van der Waals surface area contributed by atoms with Gasteiger partial charge >= 0.3 is 0 Å². The molecule has 4 rings (SSSR count). The van der Waals surface area contributed by atoms with Crippen molar-refractivity contribution < 1.29 is 14.0 Å². The molecule has 0 fully saturated rings. The highest BCUT2D eigenvalue weighted by Gasteiger charge is 2.21. The van der Waals surface area contributed by atoms with Crippen molar-refractivity contribution in [3.05, 3.63) is 63.4 Å². The van der Waals surface area contributed by atoms with Crippen LogP contribution in [0.25, 0.3) is 33.1 Å². The standard InChI is InChI=1S/C18H13F2N5O2/c1-7-12-14-13(10(19)6-11(26)15(14)20)16(22-18(12)24-23-7)8-2-4-9(5-3-8)17(21)25-27/h2-6,27H,1H3,(H2,21,25)(H2,22,23,24). The predicted molar refractivity (Wildman–Crippen MR) is 96.8 cm³/mol. The number of pyridine rings is 1. The van der Waals surface area contributed by atoms with E-state index in [-0.39, 0.29) is 22.3 Å². The van der Waals surface area contributed by atoms with Crippen molar-refractivity contribution in [2.45, 2.75) is 6.92 Å². The van der Waals surface area contributed by atoms with Gasteiger partial charge in [-0.25, -0.2) is 13.8 Å². The predicted octanol–water partition coefficient (Wildman–Crippen LogP) is 2.75. The Morgan fingerprint density at radius 3 is 2.52 bits per heavy atom. The molecule has 0 spiro atoms. The summed E-state index contributed by atoms with van der Waals surface area (Å²) in [6.45, 7) is 1.67. The van der Waals surface area contributed by atoms with Crippen molar-refractivity contribution in [2.75, 3.05) is 0 Å². The number of amidine groups is 1. The van der Waals surface area contributed by atoms with E-state index in [0.29, 0.717) is 33.9 Å². The maximum absolute atomic E-state index is 14.7. The first-order valence-corrected chi connectivity index (χ1v) is 7.89. The van der Waals surface area contributed by atoms with Crippen LogP contribution in [0, 0.1) is 18.6 Å². The number of nitrogens with zero attached hydrogens (tertiary/aromatic N) is 2. The first-order valence-electron chi connectivity index (χ1n) is 7.89. The van der Waals surface area contributed by atoms with Crippen LogP contribution in [0.3, 0.4) is 0 Å². The summed E-state index contributed by atoms with van der Waals surface area (Å²) >= 11 is 0. The highest BCUT2D eigenvalue weighted by atomic mass is 19.1. The number of aryl methyl sites for hydroxylation is 1. The number of fused-ring (bicyclic) bond motifs is 3. The van der Waals surface area contributed by atoms with Gasteiger partial charge in [-0.05, 0) is 6.92 Å². The van der Waals surface area contributed by atoms with Crippen LogP contribution in [0.5, 0.6) is 0 Å². The van der Waals surface area contributed by atoms with E-state index in [2.05, 4.69) is 20.3 Å². The average molecular weight is 369 g/mol. The van der Waals surface area contributed by atoms with Crippen LogP contribution in [-0.2, 0) is 0 Å². The lowest BCUT2D eigenvalue weighted by atomic mass is 9.99. The topological polar surface area (TPSA) is 120 Å². The summed E-state index contributed by atoms with van der Waals surface area (Å²) in [4.78, 5) is 16.2. The molecular weight excluding hydrogens is 356 g/mol. The van der Waals surface area contributed by atoms with E-state index in [1.54, 1.807) is 31.2 Å². The summed E-state index contributed by atoms with van der Waals surface area (Å²) < 4.78 is 29.4. The Balaban J connectivity index is 2.12. The van der Waals surface area contributed by atoms with E-state index < -0.39 is 17.1 Å². The molecule has 0 radical (unpaired) electrons. The van der Waals surface area contributed by atoms with E-state index in [0.717, 1.165) is 0 Å². The molecule has 27 heavy (non-hydrogen) atoms. The van der Waals surface area contributed by atoms with E-state index >= 15 is 0 Å². The largest absolute Gasteiger partial charge is 0.409 e. The first-order chi connectivity index (χ1) is 12.9. The second-order valence-electron chi connectivity index (χ2n) is 6.04. The quantitative estimate of drug-likeness (QED) is 0.188. The lowest BCUT2D eigenvalue weighted by Gasteiger charge is -2.10. The van der Waals surface area contributed by atoms with Gasteiger partial charge in [0.25, 0.3) is 0 Å². The first kappa shape index (κ1) is 16.7. The van der Waals surface area contributed by atoms with Gasteiger partial charge in [0.2, 0.25) is 5.43 Å². The fraction of sp³-hybridized carbons (Fsp3) is 0.0556. The van der Waals surface area contributed by atoms with E-state index in [4.69, 9.17) is 10.9 Å². The van der Waals surface area contributed by atoms with Crippen LogP contribution in [0.2, 0.25) is 0 Å². The van der Waals surface area contributed by atoms with Gasteiger partial charge in [-0.15, -0.1) is 0 Å². The minimum atomic E-state index is -1.04. The third kappa shape index (κ3) is 2.43. The lowest BCUT2D eigenvalue weighted by Crippen LogP contribution is -2.12. The third-order valence-electron chi connectivity index (χ3n) is 4.43. The number of aromatic nitrogens is 3. The summed E-state index contributed by atoms with van der Waals surface area (Å²) in [7, 11) is 0. The van der Waals surface area contributed by atoms with Crippen molar-refractivity contribution in [1.82, 2.24) is 15.2 Å². The summed E-state index contributed by atoms with van der Waals surface area (Å²) in [5.41, 5.74) is 6.42. The van der Waals surface area contributed by atoms with Gasteiger partial charge < -0.3 is 16.0 Å². The molecule has 136 valence electrons. The molecule has 2 heterocycles. The Kier molecular flexibility index (Phi) is 3.65. The highest BCUT2D eigenvalue weighted by molar-refractivity contribution is 6.11. The van der Waals surface area contributed by atoms with Crippen LogP contribution < -0.4 is 11.2 Å². The van der Waals surface area contributed by atoms with Crippen LogP contribution >= 0.6 is 0 Å². The molecule has 0 amide bonds. The highest BCUT2D eigenvalue weighted by Crippen LogP contribution is 2.35. The monoisotopic (exact) mass is 369 g/mol. The van der Waals surface area contributed by atoms with Gasteiger partial charge in [0.1, 0.15) is 5.82 Å². The molecule has 7 nitrogen and oxygen atoms in total. The molecule has 4 aromatic rings. The minimum Gasteiger partial charge on any atom is -0.409 e. The van der Waals surface area contributed by atoms with Crippen LogP contribution in [0.4, 0.5) is 8.78 Å². The average Bonchev–Trinajstić information content (AvgIpc) is 3.05. The smallest absolute Gasteiger partial charge is 0.217 e. The van der Waals surface area contributed by atoms with E-state index in [1.807, 2.05) is 0 Å². The minimum absolute atomic E-state index is 0.0855. The summed E-state index contributed by atoms with van der Waals surface area (Å²) in [5.74, 6) is -1.98. The summed E-state index contributed by atoms with van der Waals surface area (Å²) in [6, 6.07) is 6.91. The molecule has 0 bridgehead atoms. The zero-order valence-electron chi connectivity index (χ0n) is 14.0. The van der Waals surface area contributed by atoms with Crippen molar-refractivity contribution in [3.8, 4) is 11.3 Å². The van der Waals surface area contributed by atoms with Gasteiger partial charge in [0.05, 0.1) is 11.1 Å². The molecular formula is C18H13F2N5O2. The van der Waals surface area contributed by atoms with Gasteiger partial charge in [0.15, 0.2) is 17.3 Å². The van der Waals surface area contributed by atoms with Gasteiger partial charge in [-0.1, -0.05) is 29.4 Å². The number of hydrogen-bond donors (Lipinski definition) is 4. The fourth-order valence-electron chi connectivity index (χ4n) is 3.15. The number of benzene rings is 2. The van der Waals surface area contributed by atoms with Gasteiger partial charge in [-0.2, -0.15) is 0 Å². The molecule has 0 saturated heterocycles. The second kappa shape index (κ2) is 5.90. The second-order valence-corrected chi connectivity index (χ2v) is 6.04. The van der Waals surface area contributed by atoms with Crippen LogP contribution in [0.15, 0.2) is 40.3 Å². The molecule has 0 aliphatic carbocycles. The number of H-pyrrole nitrogens is 2. The Morgan fingerprint density at radius 2 is 1.85 bits per heavy atom. The van der Waals surface area contributed by atoms with Gasteiger partial charge in [-0.3, -0.25) is 9.89 Å². The SMILES string of the molecule is Cc1[nH][nH]c2nc(-c3ccc(/C(N)=N\O)cc3)c3c(F)cc(=O)c(F)c3c12. The van der Waals surface area contributed by atoms with Crippen molar-refractivity contribution in [3.63, 3.8) is 0 Å². The Hall–Kier alpha value is -3.75. The Bertz CT molecular complexity index is 1290. The summed E-state index contributed by atoms with van der Waals surface area (Å²) in [6.07, 6.45) is 0. The number of rotatable bonds is 2. The Morgan fingerprint density at radius 1 is 1.15 bits per heavy atom. The zero-order valence-corrected chi connectivity index (χ0v) is 14.0. The number of nitrogens with two attached hydrogens (primary N) is 1. The molecule has 0 atom stereocenters. The molecule has 0 unspecified atom stereocenters. The maximum atomic E-state index is 14.7. The molecule has 5 N–H and O–H groups in total. The normalized spacial score (nSPS) is 12.2. The summed E-state index contributed by atoms with van der Waals surface area (Å²) in [5, 5.41) is 17.4. The number of oxime groups is 1. The van der Waals surface area contributed by atoms with Gasteiger partial charge in [0, 0.05) is 33.7 Å². The molecule has 2 aromatic carbocycles. The molecule has 0 aliphatic rings. The fourth-order valence-corrected chi connectivity index (χ4v) is 3.15. The maximum Gasteiger partial charge on any atom is 0.217 e. The van der Waals surface area contributed by atoms with Crippen LogP contribution in [-0.4, -0.2) is 26.2 Å². The van der Waals surface area contributed by atoms with Crippen molar-refractivity contribution >= 4 is 27.6 Å². The molecule has 2 aromatic heterocycles. The van der Waals surface area contributed by atoms with Crippen molar-refractivity contribution in [2.24, 2.45) is 10.9 Å². The van der Waals surface area contributed by atoms with E-state index in [1.165, 1.54) is 0 Å². The molecule has 0 aliphatic heterocycles. The number of aromatic amines is 2. The van der Waals surface area contributed by atoms with Crippen molar-refractivity contribution in [1.29, 1.82) is 0 Å². The number of nitrogens with one attached hydrogen (secondary N) is 2. The zero-order chi connectivity index (χ0) is 19.3. The number of hydrogen-bond acceptors (Lipinski definition) is 4. The number of halogens is 2. The third-order valence-corrected chi connectivity index (χ3v) is 4.43. The molecule has 9 heteroatoms. The molecule has 0 saturated carbocycles. The van der Waals surface area contributed by atoms with Crippen LogP contribution in [0.1, 0.15) is 11.3 Å². The van der Waals surface area contributed by atoms with E-state index in [9.17, 15) is 13.6 Å². The lowest BCUT2D eigenvalue weighted by molar-refractivity contribution is 0.318. The Labute approximate surface area is 150 Å².